The molecular formula is C22H21N3O. The Balaban J connectivity index is 2.00. The predicted molar refractivity (Wildman–Crippen MR) is 106 cm³/mol. The Morgan fingerprint density at radius 1 is 1.12 bits per heavy atom. The molecule has 1 aromatic heterocycles. The van der Waals surface area contributed by atoms with Gasteiger partial charge in [0, 0.05) is 34.9 Å². The van der Waals surface area contributed by atoms with E-state index in [9.17, 15) is 10.1 Å². The summed E-state index contributed by atoms with van der Waals surface area (Å²) in [5.41, 5.74) is 5.89. The molecule has 0 bridgehead atoms. The summed E-state index contributed by atoms with van der Waals surface area (Å²) in [7, 11) is 1.98. The van der Waals surface area contributed by atoms with E-state index in [4.69, 9.17) is 0 Å². The highest BCUT2D eigenvalue weighted by atomic mass is 16.1. The van der Waals surface area contributed by atoms with Gasteiger partial charge in [-0.05, 0) is 56.2 Å². The number of carbonyl (C=O) groups is 1. The Labute approximate surface area is 153 Å². The van der Waals surface area contributed by atoms with Gasteiger partial charge in [-0.3, -0.25) is 4.79 Å². The number of fused-ring (bicyclic) bond motifs is 1. The van der Waals surface area contributed by atoms with Crippen molar-refractivity contribution in [3.8, 4) is 6.07 Å². The Morgan fingerprint density at radius 2 is 1.77 bits per heavy atom. The number of benzene rings is 2. The largest absolute Gasteiger partial charge is 0.347 e. The number of nitrogens with one attached hydrogen (secondary N) is 1. The summed E-state index contributed by atoms with van der Waals surface area (Å²) in [6.07, 6.45) is 1.68. The molecule has 0 atom stereocenters. The maximum atomic E-state index is 12.6. The van der Waals surface area contributed by atoms with E-state index in [-0.39, 0.29) is 5.57 Å². The van der Waals surface area contributed by atoms with Gasteiger partial charge in [0.2, 0.25) is 0 Å². The second-order valence-electron chi connectivity index (χ2n) is 6.58. The number of aromatic nitrogens is 1. The number of anilines is 1. The van der Waals surface area contributed by atoms with Crippen LogP contribution in [0.4, 0.5) is 5.69 Å². The number of hydrogen-bond donors (Lipinski definition) is 1. The Hall–Kier alpha value is -3.32. The Bertz CT molecular complexity index is 1060. The third kappa shape index (κ3) is 3.25. The molecule has 1 amide bonds. The molecule has 26 heavy (non-hydrogen) atoms. The van der Waals surface area contributed by atoms with Crippen molar-refractivity contribution < 1.29 is 4.79 Å². The van der Waals surface area contributed by atoms with E-state index < -0.39 is 5.91 Å². The first-order chi connectivity index (χ1) is 12.4. The average molecular weight is 343 g/mol. The molecule has 0 aliphatic carbocycles. The molecule has 0 radical (unpaired) electrons. The zero-order valence-electron chi connectivity index (χ0n) is 15.4. The van der Waals surface area contributed by atoms with Crippen LogP contribution in [0.3, 0.4) is 0 Å². The molecule has 2 aromatic carbocycles. The molecule has 0 aliphatic rings. The van der Waals surface area contributed by atoms with Crippen molar-refractivity contribution in [1.82, 2.24) is 4.57 Å². The first-order valence-electron chi connectivity index (χ1n) is 8.46. The molecule has 1 heterocycles. The minimum atomic E-state index is -0.398. The molecule has 4 nitrogen and oxygen atoms in total. The van der Waals surface area contributed by atoms with Crippen LogP contribution in [0.25, 0.3) is 17.0 Å². The lowest BCUT2D eigenvalue weighted by molar-refractivity contribution is -0.112. The summed E-state index contributed by atoms with van der Waals surface area (Å²) in [5, 5.41) is 13.4. The number of carbonyl (C=O) groups excluding carboxylic acids is 1. The summed E-state index contributed by atoms with van der Waals surface area (Å²) in [6, 6.07) is 15.8. The van der Waals surface area contributed by atoms with Crippen molar-refractivity contribution in [3.63, 3.8) is 0 Å². The summed E-state index contributed by atoms with van der Waals surface area (Å²) in [6.45, 7) is 5.94. The predicted octanol–water partition coefficient (Wildman–Crippen LogP) is 4.65. The SMILES string of the molecule is Cc1cc(C)cc(NC(=O)/C(C#N)=C/c2c(C)n(C)c3ccccc23)c1. The van der Waals surface area contributed by atoms with Crippen LogP contribution in [-0.2, 0) is 11.8 Å². The zero-order valence-corrected chi connectivity index (χ0v) is 15.4. The van der Waals surface area contributed by atoms with E-state index in [2.05, 4.69) is 9.88 Å². The maximum Gasteiger partial charge on any atom is 0.266 e. The molecule has 0 unspecified atom stereocenters. The summed E-state index contributed by atoms with van der Waals surface area (Å²) >= 11 is 0. The number of nitrogens with zero attached hydrogens (tertiary/aromatic N) is 2. The van der Waals surface area contributed by atoms with Crippen LogP contribution in [-0.4, -0.2) is 10.5 Å². The molecule has 0 saturated heterocycles. The van der Waals surface area contributed by atoms with Crippen LogP contribution < -0.4 is 5.32 Å². The lowest BCUT2D eigenvalue weighted by Gasteiger charge is -2.07. The molecule has 130 valence electrons. The third-order valence-electron chi connectivity index (χ3n) is 4.58. The third-order valence-corrected chi connectivity index (χ3v) is 4.58. The first-order valence-corrected chi connectivity index (χ1v) is 8.46. The Kier molecular flexibility index (Phi) is 4.64. The van der Waals surface area contributed by atoms with Crippen molar-refractivity contribution in [1.29, 1.82) is 5.26 Å². The number of nitriles is 1. The number of hydrogen-bond acceptors (Lipinski definition) is 2. The highest BCUT2D eigenvalue weighted by Crippen LogP contribution is 2.27. The molecule has 3 aromatic rings. The van der Waals surface area contributed by atoms with Crippen LogP contribution in [0.5, 0.6) is 0 Å². The monoisotopic (exact) mass is 343 g/mol. The molecule has 4 heteroatoms. The summed E-state index contributed by atoms with van der Waals surface area (Å²) in [4.78, 5) is 12.6. The molecule has 0 fully saturated rings. The van der Waals surface area contributed by atoms with Crippen molar-refractivity contribution in [2.24, 2.45) is 7.05 Å². The van der Waals surface area contributed by atoms with Gasteiger partial charge in [0.1, 0.15) is 11.6 Å². The first kappa shape index (κ1) is 17.5. The van der Waals surface area contributed by atoms with Gasteiger partial charge >= 0.3 is 0 Å². The fourth-order valence-electron chi connectivity index (χ4n) is 3.27. The van der Waals surface area contributed by atoms with Crippen LogP contribution in [0.2, 0.25) is 0 Å². The Morgan fingerprint density at radius 3 is 2.42 bits per heavy atom. The summed E-state index contributed by atoms with van der Waals surface area (Å²) < 4.78 is 2.07. The van der Waals surface area contributed by atoms with E-state index >= 15 is 0 Å². The van der Waals surface area contributed by atoms with Crippen molar-refractivity contribution in [3.05, 3.63) is 70.4 Å². The highest BCUT2D eigenvalue weighted by molar-refractivity contribution is 6.11. The molecule has 0 spiro atoms. The normalized spacial score (nSPS) is 11.4. The maximum absolute atomic E-state index is 12.6. The van der Waals surface area contributed by atoms with E-state index in [0.29, 0.717) is 5.69 Å². The smallest absolute Gasteiger partial charge is 0.266 e. The van der Waals surface area contributed by atoms with E-state index in [1.165, 1.54) is 0 Å². The van der Waals surface area contributed by atoms with Gasteiger partial charge in [-0.2, -0.15) is 5.26 Å². The molecule has 0 aliphatic heterocycles. The van der Waals surface area contributed by atoms with Gasteiger partial charge < -0.3 is 9.88 Å². The minimum absolute atomic E-state index is 0.0867. The molecule has 1 N–H and O–H groups in total. The number of para-hydroxylation sites is 1. The quantitative estimate of drug-likeness (QED) is 0.556. The molecule has 0 saturated carbocycles. The number of amides is 1. The topological polar surface area (TPSA) is 57.8 Å². The van der Waals surface area contributed by atoms with Crippen molar-refractivity contribution in [2.45, 2.75) is 20.8 Å². The fraction of sp³-hybridized carbons (Fsp3) is 0.182. The standard InChI is InChI=1S/C22H21N3O/c1-14-9-15(2)11-18(10-14)24-22(26)17(13-23)12-20-16(3)25(4)21-8-6-5-7-19(20)21/h5-12H,1-4H3,(H,24,26)/b17-12+. The molecule has 3 rings (SSSR count). The number of rotatable bonds is 3. The second-order valence-corrected chi connectivity index (χ2v) is 6.58. The highest BCUT2D eigenvalue weighted by Gasteiger charge is 2.14. The lowest BCUT2D eigenvalue weighted by Crippen LogP contribution is -2.13. The van der Waals surface area contributed by atoms with Gasteiger partial charge in [-0.15, -0.1) is 0 Å². The fourth-order valence-corrected chi connectivity index (χ4v) is 3.27. The van der Waals surface area contributed by atoms with Crippen molar-refractivity contribution in [2.75, 3.05) is 5.32 Å². The zero-order chi connectivity index (χ0) is 18.8. The van der Waals surface area contributed by atoms with E-state index in [1.807, 2.05) is 76.4 Å². The van der Waals surface area contributed by atoms with Gasteiger partial charge in [0.15, 0.2) is 0 Å². The average Bonchev–Trinajstić information content (AvgIpc) is 2.83. The molecular weight excluding hydrogens is 322 g/mol. The van der Waals surface area contributed by atoms with Gasteiger partial charge in [0.25, 0.3) is 5.91 Å². The minimum Gasteiger partial charge on any atom is -0.347 e. The van der Waals surface area contributed by atoms with Crippen LogP contribution in [0, 0.1) is 32.1 Å². The second kappa shape index (κ2) is 6.89. The van der Waals surface area contributed by atoms with Gasteiger partial charge in [0.05, 0.1) is 0 Å². The summed E-state index contributed by atoms with van der Waals surface area (Å²) in [5.74, 6) is -0.398. The van der Waals surface area contributed by atoms with Crippen LogP contribution in [0.15, 0.2) is 48.0 Å². The van der Waals surface area contributed by atoms with Crippen LogP contribution >= 0.6 is 0 Å². The van der Waals surface area contributed by atoms with E-state index in [0.717, 1.165) is 33.3 Å². The van der Waals surface area contributed by atoms with E-state index in [1.54, 1.807) is 6.08 Å². The van der Waals surface area contributed by atoms with Gasteiger partial charge in [-0.25, -0.2) is 0 Å². The lowest BCUT2D eigenvalue weighted by atomic mass is 10.1. The van der Waals surface area contributed by atoms with Gasteiger partial charge in [-0.1, -0.05) is 24.3 Å². The van der Waals surface area contributed by atoms with Crippen molar-refractivity contribution >= 4 is 28.6 Å². The number of aryl methyl sites for hydroxylation is 3. The van der Waals surface area contributed by atoms with Crippen LogP contribution in [0.1, 0.15) is 22.4 Å².